The molecule has 0 atom stereocenters. The maximum atomic E-state index is 9.11. The van der Waals surface area contributed by atoms with E-state index in [1.807, 2.05) is 0 Å². The SMILES string of the molecule is O=S(O)(O)=S.[H-].[Mn].[Na+]. The van der Waals surface area contributed by atoms with Gasteiger partial charge in [0.1, 0.15) is 0 Å². The first-order valence-electron chi connectivity index (χ1n) is 0.698. The van der Waals surface area contributed by atoms with E-state index in [0.717, 1.165) is 0 Å². The van der Waals surface area contributed by atoms with Gasteiger partial charge in [-0.3, -0.25) is 9.11 Å². The van der Waals surface area contributed by atoms with Crippen LogP contribution < -0.4 is 29.6 Å². The summed E-state index contributed by atoms with van der Waals surface area (Å²) in [5, 5.41) is 0. The first-order chi connectivity index (χ1) is 2.00. The summed E-state index contributed by atoms with van der Waals surface area (Å²) in [5.41, 5.74) is 0. The molecule has 0 bridgehead atoms. The van der Waals surface area contributed by atoms with Crippen molar-refractivity contribution < 1.29 is 61.4 Å². The molecule has 1 radical (unpaired) electrons. The topological polar surface area (TPSA) is 57.5 Å². The van der Waals surface area contributed by atoms with Crippen LogP contribution in [0.25, 0.3) is 0 Å². The average molecular weight is 193 g/mol. The average Bonchev–Trinajstić information content (AvgIpc) is 0.722. The zero-order valence-electron chi connectivity index (χ0n) is 4.50. The Bertz CT molecular complexity index is 100. The van der Waals surface area contributed by atoms with Gasteiger partial charge in [0.05, 0.1) is 0 Å². The van der Waals surface area contributed by atoms with Crippen molar-refractivity contribution in [3.05, 3.63) is 0 Å². The predicted molar refractivity (Wildman–Crippen MR) is 21.9 cm³/mol. The fourth-order valence-corrected chi connectivity index (χ4v) is 0. The quantitative estimate of drug-likeness (QED) is 0.398. The standard InChI is InChI=1S/Mn.Na.H2O3S2.H/c;;1-5(2,3)4;/h;;(H2,1,2,3,4);/q;+1;;-1. The van der Waals surface area contributed by atoms with Crippen LogP contribution in [0.2, 0.25) is 0 Å². The summed E-state index contributed by atoms with van der Waals surface area (Å²) < 4.78 is 24.0. The molecule has 0 amide bonds. The van der Waals surface area contributed by atoms with E-state index < -0.39 is 9.05 Å². The monoisotopic (exact) mass is 193 g/mol. The molecule has 7 heavy (non-hydrogen) atoms. The van der Waals surface area contributed by atoms with E-state index in [4.69, 9.17) is 13.3 Å². The summed E-state index contributed by atoms with van der Waals surface area (Å²) in [6.07, 6.45) is 0. The molecule has 0 aromatic heterocycles. The van der Waals surface area contributed by atoms with Gasteiger partial charge in [-0.05, 0) is 0 Å². The molecular formula is H3MnNaO3S2. The second-order valence-electron chi connectivity index (χ2n) is 0.448. The van der Waals surface area contributed by atoms with Crippen LogP contribution in [0.3, 0.4) is 0 Å². The van der Waals surface area contributed by atoms with Crippen molar-refractivity contribution in [2.75, 3.05) is 0 Å². The summed E-state index contributed by atoms with van der Waals surface area (Å²) in [5.74, 6) is 0. The number of rotatable bonds is 0. The molecule has 7 heteroatoms. The van der Waals surface area contributed by atoms with E-state index in [0.29, 0.717) is 0 Å². The summed E-state index contributed by atoms with van der Waals surface area (Å²) in [4.78, 5) is 0. The third-order valence-corrected chi connectivity index (χ3v) is 0. The molecule has 0 aromatic rings. The smallest absolute Gasteiger partial charge is 1.00 e. The van der Waals surface area contributed by atoms with Gasteiger partial charge in [-0.2, -0.15) is 4.21 Å². The van der Waals surface area contributed by atoms with Crippen molar-refractivity contribution in [3.8, 4) is 0 Å². The Labute approximate surface area is 80.8 Å². The van der Waals surface area contributed by atoms with Crippen molar-refractivity contribution in [2.24, 2.45) is 0 Å². The molecule has 41 valence electrons. The molecule has 0 aromatic carbocycles. The second-order valence-corrected chi connectivity index (χ2v) is 2.65. The van der Waals surface area contributed by atoms with Crippen LogP contribution in [0.5, 0.6) is 0 Å². The van der Waals surface area contributed by atoms with Gasteiger partial charge in [0.25, 0.3) is 9.05 Å². The van der Waals surface area contributed by atoms with E-state index in [1.165, 1.54) is 0 Å². The van der Waals surface area contributed by atoms with Gasteiger partial charge in [0.15, 0.2) is 0 Å². The molecular weight excluding hydrogens is 190 g/mol. The Kier molecular flexibility index (Phi) is 13.5. The van der Waals surface area contributed by atoms with Gasteiger partial charge >= 0.3 is 29.6 Å². The van der Waals surface area contributed by atoms with Crippen LogP contribution in [0.1, 0.15) is 1.43 Å². The van der Waals surface area contributed by atoms with Crippen molar-refractivity contribution in [3.63, 3.8) is 0 Å². The first-order valence-corrected chi connectivity index (χ1v) is 3.10. The van der Waals surface area contributed by atoms with E-state index in [1.54, 1.807) is 0 Å². The fourth-order valence-electron chi connectivity index (χ4n) is 0. The summed E-state index contributed by atoms with van der Waals surface area (Å²) >= 11 is 3.47. The minimum Gasteiger partial charge on any atom is -1.00 e. The van der Waals surface area contributed by atoms with E-state index in [2.05, 4.69) is 11.2 Å². The van der Waals surface area contributed by atoms with E-state index >= 15 is 0 Å². The Morgan fingerprint density at radius 3 is 1.57 bits per heavy atom. The molecule has 0 saturated carbocycles. The maximum Gasteiger partial charge on any atom is 1.00 e. The van der Waals surface area contributed by atoms with Crippen LogP contribution in [0.15, 0.2) is 0 Å². The second kappa shape index (κ2) is 5.94. The number of hydrogen-bond donors (Lipinski definition) is 2. The van der Waals surface area contributed by atoms with Gasteiger partial charge in [-0.15, -0.1) is 0 Å². The minimum atomic E-state index is -3.83. The van der Waals surface area contributed by atoms with Gasteiger partial charge in [-0.25, -0.2) is 0 Å². The van der Waals surface area contributed by atoms with Crippen LogP contribution in [0, 0.1) is 0 Å². The minimum absolute atomic E-state index is 0. The Balaban J connectivity index is -0.0000000267. The van der Waals surface area contributed by atoms with Crippen molar-refractivity contribution in [1.82, 2.24) is 0 Å². The van der Waals surface area contributed by atoms with E-state index in [-0.39, 0.29) is 48.1 Å². The molecule has 0 unspecified atom stereocenters. The third kappa shape index (κ3) is 80.5. The van der Waals surface area contributed by atoms with Gasteiger partial charge in [0.2, 0.25) is 0 Å². The Morgan fingerprint density at radius 1 is 1.57 bits per heavy atom. The van der Waals surface area contributed by atoms with Crippen LogP contribution in [0.4, 0.5) is 0 Å². The molecule has 0 saturated heterocycles. The normalized spacial score (nSPS) is 8.29. The summed E-state index contributed by atoms with van der Waals surface area (Å²) in [7, 11) is -3.83. The molecule has 3 nitrogen and oxygen atoms in total. The molecule has 0 fully saturated rings. The molecule has 0 heterocycles. The van der Waals surface area contributed by atoms with Crippen molar-refractivity contribution >= 4 is 20.2 Å². The zero-order chi connectivity index (χ0) is 4.50. The summed E-state index contributed by atoms with van der Waals surface area (Å²) in [6, 6.07) is 0. The predicted octanol–water partition coefficient (Wildman–Crippen LogP) is -3.21. The fraction of sp³-hybridized carbons (Fsp3) is 0. The van der Waals surface area contributed by atoms with Crippen molar-refractivity contribution in [2.45, 2.75) is 0 Å². The molecule has 2 N–H and O–H groups in total. The summed E-state index contributed by atoms with van der Waals surface area (Å²) in [6.45, 7) is 0. The van der Waals surface area contributed by atoms with E-state index in [9.17, 15) is 0 Å². The van der Waals surface area contributed by atoms with Gasteiger partial charge in [-0.1, -0.05) is 0 Å². The zero-order valence-corrected chi connectivity index (χ0v) is 8.31. The molecule has 0 spiro atoms. The van der Waals surface area contributed by atoms with Crippen LogP contribution >= 0.6 is 0 Å². The van der Waals surface area contributed by atoms with Crippen LogP contribution in [-0.2, 0) is 37.3 Å². The van der Waals surface area contributed by atoms with Gasteiger partial charge < -0.3 is 1.43 Å². The van der Waals surface area contributed by atoms with Gasteiger partial charge in [0, 0.05) is 28.3 Å². The third-order valence-electron chi connectivity index (χ3n) is 0. The first kappa shape index (κ1) is 15.9. The van der Waals surface area contributed by atoms with Crippen molar-refractivity contribution in [1.29, 1.82) is 0 Å². The Morgan fingerprint density at radius 2 is 1.57 bits per heavy atom. The molecule has 0 aliphatic carbocycles. The maximum absolute atomic E-state index is 9.11. The molecule has 0 rings (SSSR count). The molecule has 0 aliphatic heterocycles. The largest absolute Gasteiger partial charge is 1.00 e. The number of hydrogen-bond acceptors (Lipinski definition) is 2. The Hall–Kier alpha value is 1.81. The van der Waals surface area contributed by atoms with Crippen LogP contribution in [-0.4, -0.2) is 13.3 Å². The molecule has 0 aliphatic rings.